The van der Waals surface area contributed by atoms with E-state index in [1.807, 2.05) is 31.2 Å². The molecule has 0 spiro atoms. The number of benzene rings is 1. The van der Waals surface area contributed by atoms with Crippen LogP contribution in [0.3, 0.4) is 0 Å². The highest BCUT2D eigenvalue weighted by atomic mass is 35.5. The number of amides is 1. The fraction of sp³-hybridized carbons (Fsp3) is 0.200. The van der Waals surface area contributed by atoms with Crippen molar-refractivity contribution in [3.8, 4) is 5.75 Å². The van der Waals surface area contributed by atoms with Crippen LogP contribution in [-0.4, -0.2) is 17.5 Å². The van der Waals surface area contributed by atoms with Crippen LogP contribution in [0.15, 0.2) is 42.6 Å². The lowest BCUT2D eigenvalue weighted by Crippen LogP contribution is -2.28. The number of nitrogens with zero attached hydrogens (tertiary/aromatic N) is 1. The molecule has 0 fully saturated rings. The van der Waals surface area contributed by atoms with Crippen LogP contribution in [-0.2, 0) is 11.3 Å². The molecular formula is C15H15ClN2O2. The van der Waals surface area contributed by atoms with Gasteiger partial charge < -0.3 is 10.1 Å². The zero-order valence-corrected chi connectivity index (χ0v) is 11.9. The summed E-state index contributed by atoms with van der Waals surface area (Å²) in [5, 5.41) is 3.23. The Morgan fingerprint density at radius 3 is 2.95 bits per heavy atom. The van der Waals surface area contributed by atoms with E-state index in [1.165, 1.54) is 0 Å². The number of rotatable bonds is 5. The second-order valence-electron chi connectivity index (χ2n) is 4.32. The first-order valence-corrected chi connectivity index (χ1v) is 6.58. The number of ether oxygens (including phenoxy) is 1. The van der Waals surface area contributed by atoms with Crippen molar-refractivity contribution in [2.75, 3.05) is 6.61 Å². The zero-order valence-electron chi connectivity index (χ0n) is 11.1. The Balaban J connectivity index is 1.82. The fourth-order valence-corrected chi connectivity index (χ4v) is 1.78. The van der Waals surface area contributed by atoms with Gasteiger partial charge in [0.1, 0.15) is 5.75 Å². The van der Waals surface area contributed by atoms with E-state index in [-0.39, 0.29) is 12.5 Å². The summed E-state index contributed by atoms with van der Waals surface area (Å²) in [5.74, 6) is 0.299. The molecule has 20 heavy (non-hydrogen) atoms. The molecule has 104 valence electrons. The van der Waals surface area contributed by atoms with E-state index in [0.29, 0.717) is 17.3 Å². The Hall–Kier alpha value is -2.07. The van der Waals surface area contributed by atoms with Gasteiger partial charge in [-0.05, 0) is 36.8 Å². The summed E-state index contributed by atoms with van der Waals surface area (Å²) in [4.78, 5) is 15.8. The molecule has 0 aliphatic heterocycles. The van der Waals surface area contributed by atoms with Crippen LogP contribution in [0, 0.1) is 6.92 Å². The number of carbonyl (C=O) groups excluding carboxylic acids is 1. The lowest BCUT2D eigenvalue weighted by molar-refractivity contribution is -0.123. The third-order valence-electron chi connectivity index (χ3n) is 2.64. The van der Waals surface area contributed by atoms with Crippen LogP contribution in [0.5, 0.6) is 5.75 Å². The molecule has 0 saturated carbocycles. The van der Waals surface area contributed by atoms with Gasteiger partial charge in [0.2, 0.25) is 0 Å². The molecule has 1 heterocycles. The Bertz CT molecular complexity index is 588. The number of pyridine rings is 1. The maximum atomic E-state index is 11.7. The Labute approximate surface area is 122 Å². The molecule has 0 atom stereocenters. The topological polar surface area (TPSA) is 51.2 Å². The number of nitrogens with one attached hydrogen (secondary N) is 1. The molecule has 2 aromatic rings. The first-order valence-electron chi connectivity index (χ1n) is 6.21. The van der Waals surface area contributed by atoms with Crippen LogP contribution < -0.4 is 10.1 Å². The molecule has 1 aromatic heterocycles. The fourth-order valence-electron chi connectivity index (χ4n) is 1.61. The maximum absolute atomic E-state index is 11.7. The van der Waals surface area contributed by atoms with E-state index in [0.717, 1.165) is 11.3 Å². The molecule has 1 amide bonds. The highest BCUT2D eigenvalue weighted by molar-refractivity contribution is 6.32. The minimum absolute atomic E-state index is 0.0734. The largest absolute Gasteiger partial charge is 0.482 e. The SMILES string of the molecule is Cc1ccc(Cl)c(OCC(=O)NCc2ccccn2)c1. The molecule has 0 bridgehead atoms. The average molecular weight is 291 g/mol. The highest BCUT2D eigenvalue weighted by Crippen LogP contribution is 2.24. The predicted octanol–water partition coefficient (Wildman–Crippen LogP) is 2.74. The lowest BCUT2D eigenvalue weighted by Gasteiger charge is -2.09. The summed E-state index contributed by atoms with van der Waals surface area (Å²) < 4.78 is 5.40. The predicted molar refractivity (Wildman–Crippen MR) is 77.8 cm³/mol. The Morgan fingerprint density at radius 2 is 2.20 bits per heavy atom. The van der Waals surface area contributed by atoms with Crippen LogP contribution in [0.4, 0.5) is 0 Å². The van der Waals surface area contributed by atoms with Crippen molar-refractivity contribution < 1.29 is 9.53 Å². The molecule has 4 nitrogen and oxygen atoms in total. The normalized spacial score (nSPS) is 10.1. The number of carbonyl (C=O) groups is 1. The van der Waals surface area contributed by atoms with Crippen LogP contribution in [0.1, 0.15) is 11.3 Å². The van der Waals surface area contributed by atoms with Gasteiger partial charge in [0, 0.05) is 6.20 Å². The van der Waals surface area contributed by atoms with Crippen molar-refractivity contribution in [1.82, 2.24) is 10.3 Å². The van der Waals surface area contributed by atoms with Crippen molar-refractivity contribution in [2.45, 2.75) is 13.5 Å². The summed E-state index contributed by atoms with van der Waals surface area (Å²) in [6, 6.07) is 11.0. The van der Waals surface area contributed by atoms with Gasteiger partial charge in [0.05, 0.1) is 17.3 Å². The minimum atomic E-state index is -0.215. The third kappa shape index (κ3) is 4.24. The number of hydrogen-bond donors (Lipinski definition) is 1. The van der Waals surface area contributed by atoms with Crippen LogP contribution in [0.25, 0.3) is 0 Å². The number of halogens is 1. The second kappa shape index (κ2) is 6.91. The maximum Gasteiger partial charge on any atom is 0.258 e. The van der Waals surface area contributed by atoms with Gasteiger partial charge in [-0.2, -0.15) is 0 Å². The van der Waals surface area contributed by atoms with Gasteiger partial charge in [-0.3, -0.25) is 9.78 Å². The summed E-state index contributed by atoms with van der Waals surface area (Å²) in [7, 11) is 0. The number of hydrogen-bond acceptors (Lipinski definition) is 3. The molecule has 2 rings (SSSR count). The number of aryl methyl sites for hydroxylation is 1. The van der Waals surface area contributed by atoms with Gasteiger partial charge in [-0.25, -0.2) is 0 Å². The smallest absolute Gasteiger partial charge is 0.258 e. The van der Waals surface area contributed by atoms with Gasteiger partial charge in [-0.1, -0.05) is 23.7 Å². The first-order chi connectivity index (χ1) is 9.65. The van der Waals surface area contributed by atoms with E-state index in [2.05, 4.69) is 10.3 Å². The molecule has 0 saturated heterocycles. The molecule has 0 aliphatic rings. The van der Waals surface area contributed by atoms with Crippen molar-refractivity contribution in [3.05, 3.63) is 58.9 Å². The quantitative estimate of drug-likeness (QED) is 0.921. The van der Waals surface area contributed by atoms with Gasteiger partial charge in [0.25, 0.3) is 5.91 Å². The summed E-state index contributed by atoms with van der Waals surface area (Å²) in [6.45, 7) is 2.24. The molecular weight excluding hydrogens is 276 g/mol. The molecule has 1 N–H and O–H groups in total. The standard InChI is InChI=1S/C15H15ClN2O2/c1-11-5-6-13(16)14(8-11)20-10-15(19)18-9-12-4-2-3-7-17-12/h2-8H,9-10H2,1H3,(H,18,19). The average Bonchev–Trinajstić information content (AvgIpc) is 2.47. The molecule has 5 heteroatoms. The highest BCUT2D eigenvalue weighted by Gasteiger charge is 2.06. The Kier molecular flexibility index (Phi) is 4.96. The van der Waals surface area contributed by atoms with Crippen LogP contribution >= 0.6 is 11.6 Å². The van der Waals surface area contributed by atoms with E-state index in [9.17, 15) is 4.79 Å². The monoisotopic (exact) mass is 290 g/mol. The van der Waals surface area contributed by atoms with Gasteiger partial charge in [0.15, 0.2) is 6.61 Å². The first kappa shape index (κ1) is 14.3. The van der Waals surface area contributed by atoms with Crippen molar-refractivity contribution in [2.24, 2.45) is 0 Å². The lowest BCUT2D eigenvalue weighted by atomic mass is 10.2. The van der Waals surface area contributed by atoms with Crippen LogP contribution in [0.2, 0.25) is 5.02 Å². The van der Waals surface area contributed by atoms with E-state index >= 15 is 0 Å². The van der Waals surface area contributed by atoms with E-state index in [4.69, 9.17) is 16.3 Å². The third-order valence-corrected chi connectivity index (χ3v) is 2.95. The molecule has 1 aromatic carbocycles. The van der Waals surface area contributed by atoms with Gasteiger partial charge in [-0.15, -0.1) is 0 Å². The summed E-state index contributed by atoms with van der Waals surface area (Å²) >= 11 is 5.99. The minimum Gasteiger partial charge on any atom is -0.482 e. The number of aromatic nitrogens is 1. The molecule has 0 radical (unpaired) electrons. The molecule has 0 aliphatic carbocycles. The summed E-state index contributed by atoms with van der Waals surface area (Å²) in [5.41, 5.74) is 1.83. The van der Waals surface area contributed by atoms with E-state index < -0.39 is 0 Å². The van der Waals surface area contributed by atoms with Crippen molar-refractivity contribution in [1.29, 1.82) is 0 Å². The molecule has 0 unspecified atom stereocenters. The van der Waals surface area contributed by atoms with E-state index in [1.54, 1.807) is 18.3 Å². The van der Waals surface area contributed by atoms with Crippen molar-refractivity contribution in [3.63, 3.8) is 0 Å². The summed E-state index contributed by atoms with van der Waals surface area (Å²) in [6.07, 6.45) is 1.69. The zero-order chi connectivity index (χ0) is 14.4. The van der Waals surface area contributed by atoms with Crippen molar-refractivity contribution >= 4 is 17.5 Å². The van der Waals surface area contributed by atoms with Gasteiger partial charge >= 0.3 is 0 Å². The Morgan fingerprint density at radius 1 is 1.35 bits per heavy atom. The second-order valence-corrected chi connectivity index (χ2v) is 4.73.